The minimum atomic E-state index is -3.84. The lowest BCUT2D eigenvalue weighted by Crippen LogP contribution is -2.53. The van der Waals surface area contributed by atoms with E-state index in [1.54, 1.807) is 0 Å². The van der Waals surface area contributed by atoms with Gasteiger partial charge in [0.1, 0.15) is 16.8 Å². The van der Waals surface area contributed by atoms with E-state index in [2.05, 4.69) is 0 Å². The molecule has 0 N–H and O–H groups in total. The fraction of sp³-hybridized carbons (Fsp3) is 0.500. The minimum absolute atomic E-state index is 0.237. The number of carbonyl (C=O) groups excluding carboxylic acids is 1. The number of cyclic esters (lactones) is 1. The molecule has 1 aromatic rings. The van der Waals surface area contributed by atoms with Crippen molar-refractivity contribution in [2.45, 2.75) is 17.4 Å². The standard InChI is InChI=1S/C14H17FN2O4S/c15-11-3-1-2-4-13(11)22(19,20)17-8-6-16(7-9-17)12-5-10-21-14(12)18/h1-4,12H,5-10H2/t12-/m0/s1. The average Bonchev–Trinajstić information content (AvgIpc) is 2.94. The van der Waals surface area contributed by atoms with Crippen LogP contribution < -0.4 is 0 Å². The van der Waals surface area contributed by atoms with Crippen molar-refractivity contribution in [1.82, 2.24) is 9.21 Å². The third-order valence-corrected chi connectivity index (χ3v) is 6.01. The lowest BCUT2D eigenvalue weighted by molar-refractivity contribution is -0.142. The second-order valence-electron chi connectivity index (χ2n) is 5.34. The number of hydrogen-bond donors (Lipinski definition) is 0. The number of benzene rings is 1. The predicted molar refractivity (Wildman–Crippen MR) is 76.1 cm³/mol. The van der Waals surface area contributed by atoms with E-state index in [9.17, 15) is 17.6 Å². The number of esters is 1. The molecule has 2 heterocycles. The summed E-state index contributed by atoms with van der Waals surface area (Å²) in [6, 6.07) is 5.08. The molecule has 0 radical (unpaired) electrons. The van der Waals surface area contributed by atoms with Crippen molar-refractivity contribution in [3.63, 3.8) is 0 Å². The van der Waals surface area contributed by atoms with Crippen molar-refractivity contribution in [2.75, 3.05) is 32.8 Å². The highest BCUT2D eigenvalue weighted by Crippen LogP contribution is 2.22. The smallest absolute Gasteiger partial charge is 0.323 e. The van der Waals surface area contributed by atoms with Gasteiger partial charge in [0, 0.05) is 32.6 Å². The van der Waals surface area contributed by atoms with Gasteiger partial charge in [-0.25, -0.2) is 12.8 Å². The Bertz CT molecular complexity index is 671. The van der Waals surface area contributed by atoms with Crippen LogP contribution in [0.3, 0.4) is 0 Å². The lowest BCUT2D eigenvalue weighted by atomic mass is 10.2. The van der Waals surface area contributed by atoms with Gasteiger partial charge in [0.15, 0.2) is 0 Å². The Labute approximate surface area is 128 Å². The molecule has 0 saturated carbocycles. The first kappa shape index (κ1) is 15.4. The second-order valence-corrected chi connectivity index (χ2v) is 7.25. The quantitative estimate of drug-likeness (QED) is 0.754. The van der Waals surface area contributed by atoms with E-state index in [0.717, 1.165) is 6.07 Å². The summed E-state index contributed by atoms with van der Waals surface area (Å²) in [5, 5.41) is 0. The van der Waals surface area contributed by atoms with Crippen molar-refractivity contribution in [3.05, 3.63) is 30.1 Å². The number of piperazine rings is 1. The molecule has 6 nitrogen and oxygen atoms in total. The van der Waals surface area contributed by atoms with E-state index in [-0.39, 0.29) is 30.0 Å². The largest absolute Gasteiger partial charge is 0.464 e. The predicted octanol–water partition coefficient (Wildman–Crippen LogP) is 0.448. The number of carbonyl (C=O) groups is 1. The van der Waals surface area contributed by atoms with E-state index < -0.39 is 15.8 Å². The maximum Gasteiger partial charge on any atom is 0.323 e. The molecule has 0 aliphatic carbocycles. The Morgan fingerprint density at radius 2 is 1.82 bits per heavy atom. The van der Waals surface area contributed by atoms with Crippen LogP contribution in [0.2, 0.25) is 0 Å². The number of rotatable bonds is 3. The van der Waals surface area contributed by atoms with Gasteiger partial charge < -0.3 is 4.74 Å². The molecule has 0 spiro atoms. The Balaban J connectivity index is 1.71. The molecular formula is C14H17FN2O4S. The van der Waals surface area contributed by atoms with Crippen LogP contribution in [-0.2, 0) is 19.6 Å². The molecule has 120 valence electrons. The lowest BCUT2D eigenvalue weighted by Gasteiger charge is -2.35. The monoisotopic (exact) mass is 328 g/mol. The number of ether oxygens (including phenoxy) is 1. The summed E-state index contributed by atoms with van der Waals surface area (Å²) in [4.78, 5) is 13.2. The van der Waals surface area contributed by atoms with E-state index >= 15 is 0 Å². The van der Waals surface area contributed by atoms with E-state index in [4.69, 9.17) is 4.74 Å². The topological polar surface area (TPSA) is 66.9 Å². The minimum Gasteiger partial charge on any atom is -0.464 e. The molecule has 2 saturated heterocycles. The molecular weight excluding hydrogens is 311 g/mol. The van der Waals surface area contributed by atoms with Crippen LogP contribution in [0.15, 0.2) is 29.2 Å². The van der Waals surface area contributed by atoms with E-state index in [1.165, 1.54) is 22.5 Å². The second kappa shape index (κ2) is 5.94. The highest BCUT2D eigenvalue weighted by Gasteiger charge is 2.37. The molecule has 1 atom stereocenters. The number of nitrogens with zero attached hydrogens (tertiary/aromatic N) is 2. The molecule has 0 unspecified atom stereocenters. The van der Waals surface area contributed by atoms with E-state index in [0.29, 0.717) is 26.1 Å². The Kier molecular flexibility index (Phi) is 4.16. The molecule has 8 heteroatoms. The van der Waals surface area contributed by atoms with Gasteiger partial charge >= 0.3 is 5.97 Å². The Morgan fingerprint density at radius 1 is 1.14 bits per heavy atom. The average molecular weight is 328 g/mol. The highest BCUT2D eigenvalue weighted by molar-refractivity contribution is 7.89. The molecule has 1 aromatic carbocycles. The highest BCUT2D eigenvalue weighted by atomic mass is 32.2. The third kappa shape index (κ3) is 2.73. The van der Waals surface area contributed by atoms with Gasteiger partial charge in [-0.1, -0.05) is 12.1 Å². The summed E-state index contributed by atoms with van der Waals surface area (Å²) >= 11 is 0. The molecule has 22 heavy (non-hydrogen) atoms. The van der Waals surface area contributed by atoms with Crippen molar-refractivity contribution in [3.8, 4) is 0 Å². The summed E-state index contributed by atoms with van der Waals surface area (Å²) in [7, 11) is -3.84. The molecule has 2 aliphatic heterocycles. The number of halogens is 1. The van der Waals surface area contributed by atoms with Crippen LogP contribution >= 0.6 is 0 Å². The normalized spacial score (nSPS) is 24.4. The first-order valence-electron chi connectivity index (χ1n) is 7.15. The van der Waals surface area contributed by atoms with Gasteiger partial charge in [0.05, 0.1) is 6.61 Å². The first-order valence-corrected chi connectivity index (χ1v) is 8.59. The van der Waals surface area contributed by atoms with Gasteiger partial charge in [0.25, 0.3) is 0 Å². The van der Waals surface area contributed by atoms with Gasteiger partial charge in [-0.15, -0.1) is 0 Å². The van der Waals surface area contributed by atoms with Crippen molar-refractivity contribution in [1.29, 1.82) is 0 Å². The maximum absolute atomic E-state index is 13.7. The van der Waals surface area contributed by atoms with Crippen LogP contribution in [0, 0.1) is 5.82 Å². The van der Waals surface area contributed by atoms with E-state index in [1.807, 2.05) is 4.90 Å². The molecule has 2 fully saturated rings. The molecule has 0 bridgehead atoms. The number of sulfonamides is 1. The molecule has 0 aromatic heterocycles. The van der Waals surface area contributed by atoms with Crippen LogP contribution in [0.25, 0.3) is 0 Å². The van der Waals surface area contributed by atoms with Crippen LogP contribution in [0.4, 0.5) is 4.39 Å². The Morgan fingerprint density at radius 3 is 2.41 bits per heavy atom. The molecule has 3 rings (SSSR count). The zero-order valence-electron chi connectivity index (χ0n) is 11.9. The number of hydrogen-bond acceptors (Lipinski definition) is 5. The van der Waals surface area contributed by atoms with Gasteiger partial charge in [0.2, 0.25) is 10.0 Å². The van der Waals surface area contributed by atoms with Crippen LogP contribution in [0.1, 0.15) is 6.42 Å². The van der Waals surface area contributed by atoms with Crippen LogP contribution in [-0.4, -0.2) is 62.4 Å². The van der Waals surface area contributed by atoms with Crippen molar-refractivity contribution < 1.29 is 22.3 Å². The maximum atomic E-state index is 13.7. The summed E-state index contributed by atoms with van der Waals surface area (Å²) in [5.74, 6) is -0.991. The summed E-state index contributed by atoms with van der Waals surface area (Å²) in [6.45, 7) is 1.76. The summed E-state index contributed by atoms with van der Waals surface area (Å²) < 4.78 is 44.9. The van der Waals surface area contributed by atoms with Crippen molar-refractivity contribution >= 4 is 16.0 Å². The van der Waals surface area contributed by atoms with Crippen molar-refractivity contribution in [2.24, 2.45) is 0 Å². The van der Waals surface area contributed by atoms with Crippen LogP contribution in [0.5, 0.6) is 0 Å². The van der Waals surface area contributed by atoms with Gasteiger partial charge in [-0.05, 0) is 12.1 Å². The fourth-order valence-corrected chi connectivity index (χ4v) is 4.35. The van der Waals surface area contributed by atoms with Gasteiger partial charge in [-0.2, -0.15) is 4.31 Å². The Hall–Kier alpha value is -1.51. The SMILES string of the molecule is O=C1OCC[C@@H]1N1CCN(S(=O)(=O)c2ccccc2F)CC1. The summed E-state index contributed by atoms with van der Waals surface area (Å²) in [5.41, 5.74) is 0. The zero-order chi connectivity index (χ0) is 15.7. The first-order chi connectivity index (χ1) is 10.5. The third-order valence-electron chi connectivity index (χ3n) is 4.08. The summed E-state index contributed by atoms with van der Waals surface area (Å²) in [6.07, 6.45) is 0.638. The molecule has 2 aliphatic rings. The fourth-order valence-electron chi connectivity index (χ4n) is 2.87. The molecule has 0 amide bonds. The van der Waals surface area contributed by atoms with Gasteiger partial charge in [-0.3, -0.25) is 9.69 Å². The zero-order valence-corrected chi connectivity index (χ0v) is 12.8.